The molecule has 0 radical (unpaired) electrons. The normalized spacial score (nSPS) is 15.0. The summed E-state index contributed by atoms with van der Waals surface area (Å²) >= 11 is 0. The minimum absolute atomic E-state index is 0.177. The summed E-state index contributed by atoms with van der Waals surface area (Å²) in [5, 5.41) is 0. The second-order valence-corrected chi connectivity index (χ2v) is 18.1. The molecule has 0 amide bonds. The SMILES string of the molecule is CCS(=O)(=O)C(C)(CCCC(C)(S(=O)(=O)CC)S(=O)(=O)CC)S(=O)(=O)CC. The van der Waals surface area contributed by atoms with Crippen LogP contribution in [0.5, 0.6) is 0 Å². The summed E-state index contributed by atoms with van der Waals surface area (Å²) in [4.78, 5) is 0. The van der Waals surface area contributed by atoms with Crippen LogP contribution in [-0.2, 0) is 39.3 Å². The molecule has 0 rings (SSSR count). The van der Waals surface area contributed by atoms with E-state index in [4.69, 9.17) is 0 Å². The highest BCUT2D eigenvalue weighted by Gasteiger charge is 2.51. The summed E-state index contributed by atoms with van der Waals surface area (Å²) in [7, 11) is -16.1. The molecule has 0 fully saturated rings. The maximum Gasteiger partial charge on any atom is 0.170 e. The molecule has 0 aromatic rings. The molecule has 0 N–H and O–H groups in total. The van der Waals surface area contributed by atoms with Crippen molar-refractivity contribution >= 4 is 39.3 Å². The third-order valence-electron chi connectivity index (χ3n) is 5.41. The van der Waals surface area contributed by atoms with Crippen LogP contribution in [0.4, 0.5) is 0 Å². The van der Waals surface area contributed by atoms with E-state index in [2.05, 4.69) is 0 Å². The minimum Gasteiger partial charge on any atom is -0.227 e. The van der Waals surface area contributed by atoms with Gasteiger partial charge < -0.3 is 0 Å². The van der Waals surface area contributed by atoms with Crippen molar-refractivity contribution in [2.45, 2.75) is 69.0 Å². The summed E-state index contributed by atoms with van der Waals surface area (Å²) < 4.78 is 95.6. The van der Waals surface area contributed by atoms with E-state index < -0.39 is 47.5 Å². The average molecular weight is 469 g/mol. The Labute approximate surface area is 164 Å². The molecule has 0 saturated heterocycles. The second-order valence-electron chi connectivity index (χ2n) is 6.73. The molecule has 0 aromatic heterocycles. The largest absolute Gasteiger partial charge is 0.227 e. The smallest absolute Gasteiger partial charge is 0.170 e. The van der Waals surface area contributed by atoms with Crippen molar-refractivity contribution < 1.29 is 33.7 Å². The fourth-order valence-corrected chi connectivity index (χ4v) is 11.7. The minimum atomic E-state index is -4.02. The maximum absolute atomic E-state index is 12.5. The molecule has 0 aliphatic heterocycles. The third kappa shape index (κ3) is 4.69. The zero-order chi connectivity index (χ0) is 21.9. The lowest BCUT2D eigenvalue weighted by Crippen LogP contribution is -2.48. The van der Waals surface area contributed by atoms with E-state index in [0.29, 0.717) is 0 Å². The molecular weight excluding hydrogens is 436 g/mol. The Morgan fingerprint density at radius 2 is 0.667 bits per heavy atom. The van der Waals surface area contributed by atoms with Crippen LogP contribution in [-0.4, -0.2) is 64.8 Å². The molecule has 8 nitrogen and oxygen atoms in total. The molecule has 0 heterocycles. The monoisotopic (exact) mass is 468 g/mol. The Morgan fingerprint density at radius 1 is 0.481 bits per heavy atom. The van der Waals surface area contributed by atoms with Crippen molar-refractivity contribution in [3.8, 4) is 0 Å². The zero-order valence-corrected chi connectivity index (χ0v) is 20.1. The van der Waals surface area contributed by atoms with Crippen LogP contribution in [0.2, 0.25) is 0 Å². The van der Waals surface area contributed by atoms with Crippen LogP contribution < -0.4 is 0 Å². The predicted molar refractivity (Wildman–Crippen MR) is 109 cm³/mol. The van der Waals surface area contributed by atoms with Crippen molar-refractivity contribution in [2.75, 3.05) is 23.0 Å². The zero-order valence-electron chi connectivity index (χ0n) is 16.8. The third-order valence-corrected chi connectivity index (χ3v) is 17.6. The summed E-state index contributed by atoms with van der Waals surface area (Å²) in [6, 6.07) is 0. The lowest BCUT2D eigenvalue weighted by Gasteiger charge is -2.32. The van der Waals surface area contributed by atoms with E-state index in [0.717, 1.165) is 13.8 Å². The second kappa shape index (κ2) is 8.66. The van der Waals surface area contributed by atoms with Gasteiger partial charge in [-0.1, -0.05) is 27.7 Å². The van der Waals surface area contributed by atoms with Crippen molar-refractivity contribution in [3.63, 3.8) is 0 Å². The van der Waals surface area contributed by atoms with Gasteiger partial charge >= 0.3 is 0 Å². The molecule has 0 saturated carbocycles. The van der Waals surface area contributed by atoms with E-state index in [1.165, 1.54) is 27.7 Å². The average Bonchev–Trinajstić information content (AvgIpc) is 2.60. The summed E-state index contributed by atoms with van der Waals surface area (Å²) in [6.07, 6.45) is -0.912. The van der Waals surface area contributed by atoms with E-state index in [9.17, 15) is 33.7 Å². The Hall–Kier alpha value is -0.200. The summed E-state index contributed by atoms with van der Waals surface area (Å²) in [6.45, 7) is 7.59. The van der Waals surface area contributed by atoms with Crippen LogP contribution in [0.3, 0.4) is 0 Å². The topological polar surface area (TPSA) is 137 Å². The van der Waals surface area contributed by atoms with E-state index in [-0.39, 0.29) is 42.3 Å². The Morgan fingerprint density at radius 3 is 0.815 bits per heavy atom. The van der Waals surface area contributed by atoms with Gasteiger partial charge in [-0.3, -0.25) is 0 Å². The molecule has 27 heavy (non-hydrogen) atoms. The van der Waals surface area contributed by atoms with Crippen LogP contribution in [0.15, 0.2) is 0 Å². The van der Waals surface area contributed by atoms with Gasteiger partial charge in [-0.15, -0.1) is 0 Å². The van der Waals surface area contributed by atoms with Crippen LogP contribution in [0.1, 0.15) is 60.8 Å². The van der Waals surface area contributed by atoms with E-state index >= 15 is 0 Å². The first-order valence-corrected chi connectivity index (χ1v) is 15.4. The van der Waals surface area contributed by atoms with Crippen molar-refractivity contribution in [2.24, 2.45) is 0 Å². The first-order valence-electron chi connectivity index (χ1n) is 8.84. The molecular formula is C15H32O8S4. The summed E-state index contributed by atoms with van der Waals surface area (Å²) in [5.74, 6) is -1.55. The molecule has 0 unspecified atom stereocenters. The lowest BCUT2D eigenvalue weighted by atomic mass is 10.1. The fourth-order valence-electron chi connectivity index (χ4n) is 2.96. The van der Waals surface area contributed by atoms with Crippen molar-refractivity contribution in [3.05, 3.63) is 0 Å². The molecule has 0 bridgehead atoms. The van der Waals surface area contributed by atoms with Crippen LogP contribution >= 0.6 is 0 Å². The van der Waals surface area contributed by atoms with E-state index in [1.807, 2.05) is 0 Å². The van der Waals surface area contributed by atoms with Gasteiger partial charge in [-0.2, -0.15) is 0 Å². The van der Waals surface area contributed by atoms with Gasteiger partial charge in [0, 0.05) is 23.0 Å². The van der Waals surface area contributed by atoms with Crippen molar-refractivity contribution in [1.29, 1.82) is 0 Å². The van der Waals surface area contributed by atoms with Gasteiger partial charge in [0.1, 0.15) is 0 Å². The molecule has 0 aliphatic rings. The van der Waals surface area contributed by atoms with Gasteiger partial charge in [0.2, 0.25) is 0 Å². The molecule has 164 valence electrons. The van der Waals surface area contributed by atoms with Gasteiger partial charge in [-0.05, 0) is 33.1 Å². The highest BCUT2D eigenvalue weighted by molar-refractivity contribution is 8.10. The van der Waals surface area contributed by atoms with Gasteiger partial charge in [0.25, 0.3) is 0 Å². The quantitative estimate of drug-likeness (QED) is 0.418. The number of sulfone groups is 4. The Bertz CT molecular complexity index is 780. The Kier molecular flexibility index (Phi) is 8.60. The van der Waals surface area contributed by atoms with Gasteiger partial charge in [-0.25, -0.2) is 33.7 Å². The Balaban J connectivity index is 6.10. The van der Waals surface area contributed by atoms with E-state index in [1.54, 1.807) is 0 Å². The predicted octanol–water partition coefficient (Wildman–Crippen LogP) is 1.33. The van der Waals surface area contributed by atoms with Crippen LogP contribution in [0.25, 0.3) is 0 Å². The molecule has 12 heteroatoms. The van der Waals surface area contributed by atoms with Crippen molar-refractivity contribution in [1.82, 2.24) is 0 Å². The molecule has 0 spiro atoms. The first-order chi connectivity index (χ1) is 11.9. The number of hydrogen-bond acceptors (Lipinski definition) is 8. The lowest BCUT2D eigenvalue weighted by molar-refractivity contribution is 0.502. The molecule has 0 aromatic carbocycles. The summed E-state index contributed by atoms with van der Waals surface area (Å²) in [5.41, 5.74) is 0. The number of hydrogen-bond donors (Lipinski definition) is 0. The fraction of sp³-hybridized carbons (Fsp3) is 1.00. The van der Waals surface area contributed by atoms with Gasteiger partial charge in [0.05, 0.1) is 0 Å². The number of rotatable bonds is 12. The molecule has 0 aliphatic carbocycles. The standard InChI is InChI=1S/C15H32O8S4/c1-7-24(16,17)14(5,25(18,19)8-2)12-11-13-15(6,26(20,21)9-3)27(22,23)10-4/h7-13H2,1-6H3. The molecule has 0 atom stereocenters. The first kappa shape index (κ1) is 26.8. The maximum atomic E-state index is 12.5. The highest BCUT2D eigenvalue weighted by Crippen LogP contribution is 2.36. The highest BCUT2D eigenvalue weighted by atomic mass is 32.3. The van der Waals surface area contributed by atoms with Crippen LogP contribution in [0, 0.1) is 0 Å². The van der Waals surface area contributed by atoms with Gasteiger partial charge in [0.15, 0.2) is 47.5 Å².